The molecule has 2 aromatic rings. The molecule has 0 saturated carbocycles. The number of hydrogen-bond acceptors (Lipinski definition) is 3. The van der Waals surface area contributed by atoms with E-state index in [1.54, 1.807) is 6.20 Å². The quantitative estimate of drug-likeness (QED) is 0.758. The van der Waals surface area contributed by atoms with Gasteiger partial charge in [0.2, 0.25) is 0 Å². The Kier molecular flexibility index (Phi) is 2.55. The minimum absolute atomic E-state index is 0.106. The molecular weight excluding hydrogens is 176 g/mol. The van der Waals surface area contributed by atoms with E-state index in [1.165, 1.54) is 5.56 Å². The maximum Gasteiger partial charge on any atom is 0.104 e. The van der Waals surface area contributed by atoms with Crippen molar-refractivity contribution in [1.82, 2.24) is 20.7 Å². The molecule has 0 aliphatic carbocycles. The number of hydrogen-bond donors (Lipinski definition) is 2. The summed E-state index contributed by atoms with van der Waals surface area (Å²) in [6.07, 6.45) is 1.73. The van der Waals surface area contributed by atoms with Crippen LogP contribution in [0.25, 0.3) is 0 Å². The smallest absolute Gasteiger partial charge is 0.104 e. The van der Waals surface area contributed by atoms with Crippen LogP contribution < -0.4 is 5.32 Å². The van der Waals surface area contributed by atoms with E-state index in [1.807, 2.05) is 25.2 Å². The lowest BCUT2D eigenvalue weighted by Crippen LogP contribution is -2.17. The van der Waals surface area contributed by atoms with Crippen LogP contribution in [-0.2, 0) is 0 Å². The van der Waals surface area contributed by atoms with Gasteiger partial charge in [-0.3, -0.25) is 0 Å². The maximum atomic E-state index is 4.07. The Balaban J connectivity index is 2.31. The second-order valence-electron chi connectivity index (χ2n) is 3.03. The zero-order valence-electron chi connectivity index (χ0n) is 7.94. The highest BCUT2D eigenvalue weighted by Crippen LogP contribution is 2.17. The Hall–Kier alpha value is -1.68. The topological polar surface area (TPSA) is 53.6 Å². The minimum atomic E-state index is 0.106. The number of nitrogens with zero attached hydrogens (tertiary/aromatic N) is 2. The summed E-state index contributed by atoms with van der Waals surface area (Å²) in [5.74, 6) is 0. The zero-order valence-corrected chi connectivity index (χ0v) is 7.94. The highest BCUT2D eigenvalue weighted by atomic mass is 15.3. The predicted octanol–water partition coefficient (Wildman–Crippen LogP) is 1.11. The van der Waals surface area contributed by atoms with Gasteiger partial charge in [-0.1, -0.05) is 30.3 Å². The van der Waals surface area contributed by atoms with E-state index in [0.717, 1.165) is 5.69 Å². The van der Waals surface area contributed by atoms with Crippen molar-refractivity contribution in [2.45, 2.75) is 6.04 Å². The third-order valence-electron chi connectivity index (χ3n) is 2.15. The van der Waals surface area contributed by atoms with Crippen molar-refractivity contribution in [2.24, 2.45) is 0 Å². The van der Waals surface area contributed by atoms with Crippen LogP contribution in [0.2, 0.25) is 0 Å². The molecule has 2 N–H and O–H groups in total. The number of H-pyrrole nitrogens is 1. The lowest BCUT2D eigenvalue weighted by molar-refractivity contribution is 0.667. The summed E-state index contributed by atoms with van der Waals surface area (Å²) in [6, 6.07) is 10.3. The standard InChI is InChI=1S/C10H12N4/c1-11-10(9-7-12-14-13-9)8-5-3-2-4-6-8/h2-7,10-11H,1H3,(H,12,13,14). The number of benzene rings is 1. The average Bonchev–Trinajstić information content (AvgIpc) is 2.74. The lowest BCUT2D eigenvalue weighted by Gasteiger charge is -2.12. The zero-order chi connectivity index (χ0) is 9.80. The van der Waals surface area contributed by atoms with Crippen molar-refractivity contribution >= 4 is 0 Å². The predicted molar refractivity (Wildman–Crippen MR) is 53.7 cm³/mol. The molecule has 0 amide bonds. The second kappa shape index (κ2) is 4.02. The van der Waals surface area contributed by atoms with Crippen LogP contribution in [0.3, 0.4) is 0 Å². The number of aromatic amines is 1. The Bertz CT molecular complexity index is 368. The third-order valence-corrected chi connectivity index (χ3v) is 2.15. The molecule has 72 valence electrons. The van der Waals surface area contributed by atoms with Gasteiger partial charge in [0.05, 0.1) is 12.2 Å². The molecule has 1 atom stereocenters. The van der Waals surface area contributed by atoms with Gasteiger partial charge < -0.3 is 5.32 Å². The van der Waals surface area contributed by atoms with E-state index in [9.17, 15) is 0 Å². The van der Waals surface area contributed by atoms with Gasteiger partial charge in [0.15, 0.2) is 0 Å². The largest absolute Gasteiger partial charge is 0.308 e. The van der Waals surface area contributed by atoms with E-state index in [0.29, 0.717) is 0 Å². The van der Waals surface area contributed by atoms with E-state index < -0.39 is 0 Å². The van der Waals surface area contributed by atoms with Gasteiger partial charge in [-0.05, 0) is 12.6 Å². The summed E-state index contributed by atoms with van der Waals surface area (Å²) < 4.78 is 0. The first-order valence-corrected chi connectivity index (χ1v) is 4.49. The summed E-state index contributed by atoms with van der Waals surface area (Å²) in [4.78, 5) is 0. The van der Waals surface area contributed by atoms with Gasteiger partial charge >= 0.3 is 0 Å². The fraction of sp³-hybridized carbons (Fsp3) is 0.200. The van der Waals surface area contributed by atoms with Gasteiger partial charge in [-0.25, -0.2) is 0 Å². The van der Waals surface area contributed by atoms with Crippen molar-refractivity contribution < 1.29 is 0 Å². The monoisotopic (exact) mass is 188 g/mol. The molecule has 1 unspecified atom stereocenters. The summed E-state index contributed by atoms with van der Waals surface area (Å²) in [5.41, 5.74) is 2.09. The first-order chi connectivity index (χ1) is 6.92. The molecule has 1 aromatic carbocycles. The Morgan fingerprint density at radius 1 is 1.29 bits per heavy atom. The van der Waals surface area contributed by atoms with Crippen LogP contribution in [0.5, 0.6) is 0 Å². The van der Waals surface area contributed by atoms with Crippen molar-refractivity contribution in [3.63, 3.8) is 0 Å². The van der Waals surface area contributed by atoms with Crippen LogP contribution in [0.15, 0.2) is 36.5 Å². The molecular formula is C10H12N4. The number of rotatable bonds is 3. The molecule has 0 fully saturated rings. The highest BCUT2D eigenvalue weighted by Gasteiger charge is 2.13. The number of aromatic nitrogens is 3. The van der Waals surface area contributed by atoms with E-state index in [2.05, 4.69) is 32.9 Å². The molecule has 4 heteroatoms. The second-order valence-corrected chi connectivity index (χ2v) is 3.03. The van der Waals surface area contributed by atoms with Crippen LogP contribution in [-0.4, -0.2) is 22.5 Å². The third kappa shape index (κ3) is 1.65. The van der Waals surface area contributed by atoms with Gasteiger partial charge in [0.1, 0.15) is 5.69 Å². The summed E-state index contributed by atoms with van der Waals surface area (Å²) >= 11 is 0. The normalized spacial score (nSPS) is 12.6. The van der Waals surface area contributed by atoms with Crippen LogP contribution in [0, 0.1) is 0 Å². The first kappa shape index (κ1) is 8.90. The van der Waals surface area contributed by atoms with Crippen LogP contribution in [0.4, 0.5) is 0 Å². The SMILES string of the molecule is CNC(c1ccccc1)c1cn[nH]n1. The Labute approximate surface area is 82.4 Å². The molecule has 2 rings (SSSR count). The van der Waals surface area contributed by atoms with Gasteiger partial charge in [0.25, 0.3) is 0 Å². The van der Waals surface area contributed by atoms with E-state index in [-0.39, 0.29) is 6.04 Å². The molecule has 1 heterocycles. The molecule has 1 aromatic heterocycles. The average molecular weight is 188 g/mol. The summed E-state index contributed by atoms with van der Waals surface area (Å²) in [7, 11) is 1.91. The highest BCUT2D eigenvalue weighted by molar-refractivity contribution is 5.25. The van der Waals surface area contributed by atoms with Crippen molar-refractivity contribution in [3.05, 3.63) is 47.8 Å². The van der Waals surface area contributed by atoms with Gasteiger partial charge in [-0.15, -0.1) is 0 Å². The maximum absolute atomic E-state index is 4.07. The lowest BCUT2D eigenvalue weighted by atomic mass is 10.1. The van der Waals surface area contributed by atoms with E-state index in [4.69, 9.17) is 0 Å². The minimum Gasteiger partial charge on any atom is -0.308 e. The molecule has 0 radical (unpaired) electrons. The van der Waals surface area contributed by atoms with Crippen LogP contribution >= 0.6 is 0 Å². The Morgan fingerprint density at radius 2 is 2.07 bits per heavy atom. The van der Waals surface area contributed by atoms with Crippen LogP contribution in [0.1, 0.15) is 17.3 Å². The molecule has 0 spiro atoms. The first-order valence-electron chi connectivity index (χ1n) is 4.49. The molecule has 0 aliphatic heterocycles. The molecule has 0 saturated heterocycles. The van der Waals surface area contributed by atoms with Crippen molar-refractivity contribution in [2.75, 3.05) is 7.05 Å². The van der Waals surface area contributed by atoms with Crippen molar-refractivity contribution in [1.29, 1.82) is 0 Å². The molecule has 0 bridgehead atoms. The molecule has 0 aliphatic rings. The summed E-state index contributed by atoms with van der Waals surface area (Å²) in [5, 5.41) is 13.7. The fourth-order valence-corrected chi connectivity index (χ4v) is 1.48. The van der Waals surface area contributed by atoms with Crippen molar-refractivity contribution in [3.8, 4) is 0 Å². The van der Waals surface area contributed by atoms with Gasteiger partial charge in [0, 0.05) is 0 Å². The van der Waals surface area contributed by atoms with E-state index >= 15 is 0 Å². The fourth-order valence-electron chi connectivity index (χ4n) is 1.48. The molecule has 14 heavy (non-hydrogen) atoms. The number of nitrogens with one attached hydrogen (secondary N) is 2. The van der Waals surface area contributed by atoms with Gasteiger partial charge in [-0.2, -0.15) is 15.4 Å². The summed E-state index contributed by atoms with van der Waals surface area (Å²) in [6.45, 7) is 0. The Morgan fingerprint density at radius 3 is 2.64 bits per heavy atom. The molecule has 4 nitrogen and oxygen atoms in total.